The normalized spacial score (nSPS) is 18.2. The highest BCUT2D eigenvalue weighted by Crippen LogP contribution is 2.24. The Bertz CT molecular complexity index is 899. The quantitative estimate of drug-likeness (QED) is 0.760. The van der Waals surface area contributed by atoms with Gasteiger partial charge in [-0.1, -0.05) is 26.0 Å². The summed E-state index contributed by atoms with van der Waals surface area (Å²) in [5.41, 5.74) is 1.38. The van der Waals surface area contributed by atoms with Gasteiger partial charge in [0.1, 0.15) is 6.10 Å². The number of fused-ring (bicyclic) bond motifs is 1. The summed E-state index contributed by atoms with van der Waals surface area (Å²) in [5, 5.41) is 15.0. The monoisotopic (exact) mass is 340 g/mol. The first-order chi connectivity index (χ1) is 12.1. The topological polar surface area (TPSA) is 99.8 Å². The van der Waals surface area contributed by atoms with Gasteiger partial charge in [0.05, 0.1) is 30.4 Å². The molecule has 0 bridgehead atoms. The number of aromatic nitrogens is 5. The molecule has 4 rings (SSSR count). The van der Waals surface area contributed by atoms with Gasteiger partial charge < -0.3 is 9.64 Å². The molecule has 1 amide bonds. The number of morpholine rings is 1. The maximum atomic E-state index is 13.0. The minimum absolute atomic E-state index is 0.0354. The molecule has 3 heterocycles. The van der Waals surface area contributed by atoms with E-state index in [0.29, 0.717) is 31.1 Å². The van der Waals surface area contributed by atoms with Crippen molar-refractivity contribution in [3.8, 4) is 0 Å². The van der Waals surface area contributed by atoms with Crippen molar-refractivity contribution in [3.63, 3.8) is 0 Å². The van der Waals surface area contributed by atoms with Crippen molar-refractivity contribution in [2.24, 2.45) is 0 Å². The van der Waals surface area contributed by atoms with E-state index in [2.05, 4.69) is 25.4 Å². The van der Waals surface area contributed by atoms with Crippen LogP contribution in [0.2, 0.25) is 0 Å². The maximum Gasteiger partial charge on any atom is 0.256 e. The van der Waals surface area contributed by atoms with E-state index in [1.807, 2.05) is 32.0 Å². The number of benzene rings is 1. The molecule has 1 saturated heterocycles. The molecule has 0 unspecified atom stereocenters. The second kappa shape index (κ2) is 6.29. The van der Waals surface area contributed by atoms with Crippen LogP contribution < -0.4 is 0 Å². The number of rotatable bonds is 3. The van der Waals surface area contributed by atoms with E-state index in [9.17, 15) is 4.79 Å². The van der Waals surface area contributed by atoms with Gasteiger partial charge in [0.2, 0.25) is 0 Å². The van der Waals surface area contributed by atoms with Gasteiger partial charge in [-0.05, 0) is 6.07 Å². The van der Waals surface area contributed by atoms with Crippen LogP contribution in [0.25, 0.3) is 10.9 Å². The summed E-state index contributed by atoms with van der Waals surface area (Å²) in [6.45, 7) is 5.53. The van der Waals surface area contributed by atoms with Crippen LogP contribution in [0.3, 0.4) is 0 Å². The summed E-state index contributed by atoms with van der Waals surface area (Å²) < 4.78 is 5.80. The summed E-state index contributed by atoms with van der Waals surface area (Å²) in [7, 11) is 0. The van der Waals surface area contributed by atoms with E-state index in [4.69, 9.17) is 4.74 Å². The summed E-state index contributed by atoms with van der Waals surface area (Å²) in [5.74, 6) is 1.63. The largest absolute Gasteiger partial charge is 0.367 e. The van der Waals surface area contributed by atoms with Crippen LogP contribution in [-0.4, -0.2) is 55.9 Å². The standard InChI is InChI=1S/C17H20N6O2/c1-10(2)15-19-16(22-21-15)13-9-23(6-7-25-13)17(24)12-5-3-4-11-8-18-20-14(11)12/h3-5,8,10,13H,6-7,9H2,1-2H3,(H,18,20)(H,19,21,22)/t13-/m0/s1. The third-order valence-corrected chi connectivity index (χ3v) is 4.40. The van der Waals surface area contributed by atoms with Crippen LogP contribution in [0.1, 0.15) is 47.9 Å². The number of ether oxygens (including phenoxy) is 1. The zero-order chi connectivity index (χ0) is 17.4. The molecule has 2 N–H and O–H groups in total. The van der Waals surface area contributed by atoms with Crippen LogP contribution in [0.5, 0.6) is 0 Å². The highest BCUT2D eigenvalue weighted by atomic mass is 16.5. The zero-order valence-electron chi connectivity index (χ0n) is 14.2. The fourth-order valence-corrected chi connectivity index (χ4v) is 3.01. The first kappa shape index (κ1) is 15.8. The number of aromatic amines is 2. The number of carbonyl (C=O) groups is 1. The van der Waals surface area contributed by atoms with E-state index in [-0.39, 0.29) is 17.9 Å². The fourth-order valence-electron chi connectivity index (χ4n) is 3.01. The van der Waals surface area contributed by atoms with Crippen LogP contribution in [-0.2, 0) is 4.74 Å². The minimum Gasteiger partial charge on any atom is -0.367 e. The molecule has 2 aromatic heterocycles. The average molecular weight is 340 g/mol. The van der Waals surface area contributed by atoms with E-state index in [1.54, 1.807) is 11.1 Å². The maximum absolute atomic E-state index is 13.0. The lowest BCUT2D eigenvalue weighted by molar-refractivity contribution is -0.0266. The summed E-state index contributed by atoms with van der Waals surface area (Å²) >= 11 is 0. The molecule has 8 heteroatoms. The van der Waals surface area contributed by atoms with Gasteiger partial charge in [-0.15, -0.1) is 0 Å². The van der Waals surface area contributed by atoms with Crippen molar-refractivity contribution >= 4 is 16.8 Å². The molecule has 0 saturated carbocycles. The molecule has 0 radical (unpaired) electrons. The molecule has 8 nitrogen and oxygen atoms in total. The number of amides is 1. The van der Waals surface area contributed by atoms with Crippen molar-refractivity contribution in [2.75, 3.05) is 19.7 Å². The lowest BCUT2D eigenvalue weighted by Gasteiger charge is -2.32. The summed E-state index contributed by atoms with van der Waals surface area (Å²) in [4.78, 5) is 19.3. The predicted molar refractivity (Wildman–Crippen MR) is 91.2 cm³/mol. The number of H-pyrrole nitrogens is 2. The zero-order valence-corrected chi connectivity index (χ0v) is 14.2. The van der Waals surface area contributed by atoms with Gasteiger partial charge in [-0.25, -0.2) is 4.98 Å². The van der Waals surface area contributed by atoms with Crippen LogP contribution >= 0.6 is 0 Å². The van der Waals surface area contributed by atoms with Gasteiger partial charge in [0.25, 0.3) is 5.91 Å². The smallest absolute Gasteiger partial charge is 0.256 e. The average Bonchev–Trinajstić information content (AvgIpc) is 3.30. The van der Waals surface area contributed by atoms with Gasteiger partial charge >= 0.3 is 0 Å². The summed E-state index contributed by atoms with van der Waals surface area (Å²) in [6.07, 6.45) is 1.43. The number of carbonyl (C=O) groups excluding carboxylic acids is 1. The Labute approximate surface area is 144 Å². The second-order valence-electron chi connectivity index (χ2n) is 6.48. The van der Waals surface area contributed by atoms with Crippen molar-refractivity contribution in [3.05, 3.63) is 41.6 Å². The predicted octanol–water partition coefficient (Wildman–Crippen LogP) is 2.02. The van der Waals surface area contributed by atoms with E-state index in [1.165, 1.54) is 0 Å². The molecular formula is C17H20N6O2. The molecule has 1 aliphatic rings. The van der Waals surface area contributed by atoms with Crippen molar-refractivity contribution in [1.29, 1.82) is 0 Å². The van der Waals surface area contributed by atoms with Crippen LogP contribution in [0.4, 0.5) is 0 Å². The lowest BCUT2D eigenvalue weighted by Crippen LogP contribution is -2.42. The molecular weight excluding hydrogens is 320 g/mol. The number of hydrogen-bond donors (Lipinski definition) is 2. The van der Waals surface area contributed by atoms with E-state index >= 15 is 0 Å². The molecule has 0 aliphatic carbocycles. The third-order valence-electron chi connectivity index (χ3n) is 4.40. The van der Waals surface area contributed by atoms with E-state index < -0.39 is 0 Å². The molecule has 3 aromatic rings. The van der Waals surface area contributed by atoms with E-state index in [0.717, 1.165) is 16.7 Å². The Morgan fingerprint density at radius 2 is 2.24 bits per heavy atom. The van der Waals surface area contributed by atoms with Crippen LogP contribution in [0, 0.1) is 0 Å². The number of nitrogens with one attached hydrogen (secondary N) is 2. The second-order valence-corrected chi connectivity index (χ2v) is 6.48. The molecule has 130 valence electrons. The highest BCUT2D eigenvalue weighted by molar-refractivity contribution is 6.05. The lowest BCUT2D eigenvalue weighted by atomic mass is 10.1. The highest BCUT2D eigenvalue weighted by Gasteiger charge is 2.29. The Kier molecular flexibility index (Phi) is 3.96. The Hall–Kier alpha value is -2.74. The van der Waals surface area contributed by atoms with Gasteiger partial charge in [-0.3, -0.25) is 15.0 Å². The SMILES string of the molecule is CC(C)c1n[nH]c([C@@H]2CN(C(=O)c3cccc4cn[nH]c34)CCO2)n1. The van der Waals surface area contributed by atoms with Crippen molar-refractivity contribution < 1.29 is 9.53 Å². The summed E-state index contributed by atoms with van der Waals surface area (Å²) in [6, 6.07) is 5.62. The Balaban J connectivity index is 1.56. The number of para-hydroxylation sites is 1. The molecule has 25 heavy (non-hydrogen) atoms. The molecule has 1 aliphatic heterocycles. The molecule has 1 fully saturated rings. The molecule has 1 aromatic carbocycles. The number of hydrogen-bond acceptors (Lipinski definition) is 5. The molecule has 0 spiro atoms. The van der Waals surface area contributed by atoms with Crippen molar-refractivity contribution in [1.82, 2.24) is 30.3 Å². The Morgan fingerprint density at radius 3 is 3.04 bits per heavy atom. The van der Waals surface area contributed by atoms with Crippen molar-refractivity contribution in [2.45, 2.75) is 25.9 Å². The van der Waals surface area contributed by atoms with Gasteiger partial charge in [0, 0.05) is 17.8 Å². The van der Waals surface area contributed by atoms with Crippen LogP contribution in [0.15, 0.2) is 24.4 Å². The Morgan fingerprint density at radius 1 is 1.36 bits per heavy atom. The fraction of sp³-hybridized carbons (Fsp3) is 0.412. The first-order valence-electron chi connectivity index (χ1n) is 8.38. The minimum atomic E-state index is -0.293. The first-order valence-corrected chi connectivity index (χ1v) is 8.38. The van der Waals surface area contributed by atoms with Gasteiger partial charge in [-0.2, -0.15) is 10.2 Å². The molecule has 1 atom stereocenters. The number of nitrogens with zero attached hydrogens (tertiary/aromatic N) is 4. The van der Waals surface area contributed by atoms with Gasteiger partial charge in [0.15, 0.2) is 11.6 Å². The third kappa shape index (κ3) is 2.89.